The molecule has 3 heterocycles. The summed E-state index contributed by atoms with van der Waals surface area (Å²) in [6.07, 6.45) is 3.44. The SMILES string of the molecule is CCN(CC)S(=O)(=O)c1ccc(N2CCCC2)c(NC(=O)Cn2cnc3sccc3c2=O)c1. The van der Waals surface area contributed by atoms with Crippen LogP contribution in [0.15, 0.2) is 45.7 Å². The Hall–Kier alpha value is -2.76. The van der Waals surface area contributed by atoms with E-state index in [0.29, 0.717) is 29.0 Å². The molecule has 176 valence electrons. The van der Waals surface area contributed by atoms with Crippen molar-refractivity contribution in [1.29, 1.82) is 0 Å². The van der Waals surface area contributed by atoms with Gasteiger partial charge in [-0.05, 0) is 42.5 Å². The van der Waals surface area contributed by atoms with Gasteiger partial charge < -0.3 is 10.2 Å². The van der Waals surface area contributed by atoms with E-state index >= 15 is 0 Å². The lowest BCUT2D eigenvalue weighted by molar-refractivity contribution is -0.116. The quantitative estimate of drug-likeness (QED) is 0.522. The van der Waals surface area contributed by atoms with Crippen molar-refractivity contribution in [3.63, 3.8) is 0 Å². The first-order chi connectivity index (χ1) is 15.8. The van der Waals surface area contributed by atoms with E-state index in [1.54, 1.807) is 37.4 Å². The molecule has 1 amide bonds. The van der Waals surface area contributed by atoms with Gasteiger partial charge in [-0.25, -0.2) is 13.4 Å². The molecule has 1 aliphatic rings. The third-order valence-corrected chi connectivity index (χ3v) is 8.66. The summed E-state index contributed by atoms with van der Waals surface area (Å²) < 4.78 is 28.7. The number of rotatable bonds is 8. The summed E-state index contributed by atoms with van der Waals surface area (Å²) in [5, 5.41) is 5.10. The molecule has 11 heteroatoms. The van der Waals surface area contributed by atoms with Gasteiger partial charge in [0.15, 0.2) is 0 Å². The maximum Gasteiger partial charge on any atom is 0.262 e. The zero-order chi connectivity index (χ0) is 23.6. The summed E-state index contributed by atoms with van der Waals surface area (Å²) in [5.74, 6) is -0.425. The topological polar surface area (TPSA) is 105 Å². The molecule has 3 aromatic rings. The van der Waals surface area contributed by atoms with Crippen molar-refractivity contribution in [2.45, 2.75) is 38.1 Å². The highest BCUT2D eigenvalue weighted by Gasteiger charge is 2.25. The smallest absolute Gasteiger partial charge is 0.262 e. The van der Waals surface area contributed by atoms with Crippen molar-refractivity contribution >= 4 is 48.9 Å². The number of nitrogens with zero attached hydrogens (tertiary/aromatic N) is 4. The van der Waals surface area contributed by atoms with E-state index in [9.17, 15) is 18.0 Å². The Balaban J connectivity index is 1.65. The fourth-order valence-corrected chi connectivity index (χ4v) is 6.28. The standard InChI is InChI=1S/C22H27N5O4S2/c1-3-27(4-2)33(30,31)16-7-8-19(25-10-5-6-11-25)18(13-16)24-20(28)14-26-15-23-21-17(22(26)29)9-12-32-21/h7-9,12-13,15H,3-6,10-11,14H2,1-2H3,(H,24,28). The van der Waals surface area contributed by atoms with Gasteiger partial charge in [0.25, 0.3) is 5.56 Å². The van der Waals surface area contributed by atoms with Crippen LogP contribution >= 0.6 is 11.3 Å². The zero-order valence-electron chi connectivity index (χ0n) is 18.7. The molecule has 2 aromatic heterocycles. The van der Waals surface area contributed by atoms with E-state index in [1.807, 2.05) is 0 Å². The Morgan fingerprint density at radius 1 is 1.18 bits per heavy atom. The highest BCUT2D eigenvalue weighted by atomic mass is 32.2. The Kier molecular flexibility index (Phi) is 6.82. The number of thiophene rings is 1. The summed E-state index contributed by atoms with van der Waals surface area (Å²) in [5.41, 5.74) is 0.917. The molecule has 0 atom stereocenters. The molecule has 0 radical (unpaired) electrons. The molecule has 1 N–H and O–H groups in total. The minimum absolute atomic E-state index is 0.128. The number of nitrogens with one attached hydrogen (secondary N) is 1. The van der Waals surface area contributed by atoms with E-state index < -0.39 is 15.9 Å². The van der Waals surface area contributed by atoms with Gasteiger partial charge in [-0.1, -0.05) is 13.8 Å². The number of hydrogen-bond acceptors (Lipinski definition) is 7. The van der Waals surface area contributed by atoms with E-state index in [1.165, 1.54) is 32.6 Å². The van der Waals surface area contributed by atoms with Gasteiger partial charge in [0.2, 0.25) is 15.9 Å². The Morgan fingerprint density at radius 2 is 1.91 bits per heavy atom. The number of fused-ring (bicyclic) bond motifs is 1. The lowest BCUT2D eigenvalue weighted by Gasteiger charge is -2.24. The molecule has 4 rings (SSSR count). The predicted octanol–water partition coefficient (Wildman–Crippen LogP) is 2.73. The Bertz CT molecular complexity index is 1320. The molecule has 33 heavy (non-hydrogen) atoms. The van der Waals surface area contributed by atoms with Gasteiger partial charge in [-0.3, -0.25) is 14.2 Å². The van der Waals surface area contributed by atoms with E-state index in [0.717, 1.165) is 31.6 Å². The van der Waals surface area contributed by atoms with E-state index in [4.69, 9.17) is 0 Å². The minimum Gasteiger partial charge on any atom is -0.370 e. The first-order valence-corrected chi connectivity index (χ1v) is 13.3. The third-order valence-electron chi connectivity index (χ3n) is 5.80. The van der Waals surface area contributed by atoms with Crippen LogP contribution in [0, 0.1) is 0 Å². The monoisotopic (exact) mass is 489 g/mol. The number of amides is 1. The van der Waals surface area contributed by atoms with Crippen molar-refractivity contribution in [3.05, 3.63) is 46.3 Å². The lowest BCUT2D eigenvalue weighted by atomic mass is 10.2. The minimum atomic E-state index is -3.68. The average molecular weight is 490 g/mol. The Labute approximate surface area is 196 Å². The molecule has 0 bridgehead atoms. The first kappa shape index (κ1) is 23.4. The van der Waals surface area contributed by atoms with Gasteiger partial charge in [0.1, 0.15) is 11.4 Å². The largest absolute Gasteiger partial charge is 0.370 e. The second kappa shape index (κ2) is 9.62. The molecule has 0 aliphatic carbocycles. The second-order valence-electron chi connectivity index (χ2n) is 7.83. The normalized spacial score (nSPS) is 14.3. The van der Waals surface area contributed by atoms with Crippen molar-refractivity contribution in [1.82, 2.24) is 13.9 Å². The highest BCUT2D eigenvalue weighted by molar-refractivity contribution is 7.89. The van der Waals surface area contributed by atoms with Crippen LogP contribution in [0.1, 0.15) is 26.7 Å². The van der Waals surface area contributed by atoms with Crippen LogP contribution in [0.4, 0.5) is 11.4 Å². The van der Waals surface area contributed by atoms with Gasteiger partial charge in [-0.2, -0.15) is 4.31 Å². The van der Waals surface area contributed by atoms with Gasteiger partial charge in [0, 0.05) is 26.2 Å². The molecule has 1 saturated heterocycles. The highest BCUT2D eigenvalue weighted by Crippen LogP contribution is 2.32. The van der Waals surface area contributed by atoms with Crippen LogP contribution in [0.5, 0.6) is 0 Å². The molecule has 1 fully saturated rings. The average Bonchev–Trinajstić information content (AvgIpc) is 3.49. The molecule has 0 unspecified atom stereocenters. The maximum atomic E-state index is 13.0. The van der Waals surface area contributed by atoms with Crippen LogP contribution in [-0.4, -0.2) is 54.4 Å². The maximum absolute atomic E-state index is 13.0. The molecule has 1 aromatic carbocycles. The zero-order valence-corrected chi connectivity index (χ0v) is 20.3. The number of sulfonamides is 1. The molecular formula is C22H27N5O4S2. The molecule has 0 saturated carbocycles. The summed E-state index contributed by atoms with van der Waals surface area (Å²) in [4.78, 5) is 32.7. The van der Waals surface area contributed by atoms with E-state index in [-0.39, 0.29) is 17.0 Å². The number of carbonyl (C=O) groups excluding carboxylic acids is 1. The third kappa shape index (κ3) is 4.66. The van der Waals surface area contributed by atoms with Crippen molar-refractivity contribution < 1.29 is 13.2 Å². The summed E-state index contributed by atoms with van der Waals surface area (Å²) in [6, 6.07) is 6.55. The van der Waals surface area contributed by atoms with Gasteiger partial charge >= 0.3 is 0 Å². The summed E-state index contributed by atoms with van der Waals surface area (Å²) in [6.45, 7) is 5.75. The van der Waals surface area contributed by atoms with Crippen LogP contribution in [0.3, 0.4) is 0 Å². The van der Waals surface area contributed by atoms with Gasteiger partial charge in [-0.15, -0.1) is 11.3 Å². The fourth-order valence-electron chi connectivity index (χ4n) is 4.07. The summed E-state index contributed by atoms with van der Waals surface area (Å²) >= 11 is 1.37. The fraction of sp³-hybridized carbons (Fsp3) is 0.409. The number of anilines is 2. The number of benzene rings is 1. The van der Waals surface area contributed by atoms with Crippen molar-refractivity contribution in [2.75, 3.05) is 36.4 Å². The molecular weight excluding hydrogens is 462 g/mol. The van der Waals surface area contributed by atoms with Crippen LogP contribution < -0.4 is 15.8 Å². The first-order valence-electron chi connectivity index (χ1n) is 11.0. The van der Waals surface area contributed by atoms with Crippen molar-refractivity contribution in [2.24, 2.45) is 0 Å². The molecule has 1 aliphatic heterocycles. The summed E-state index contributed by atoms with van der Waals surface area (Å²) in [7, 11) is -3.68. The van der Waals surface area contributed by atoms with E-state index in [2.05, 4.69) is 15.2 Å². The Morgan fingerprint density at radius 3 is 2.61 bits per heavy atom. The number of carbonyl (C=O) groups is 1. The van der Waals surface area contributed by atoms with Crippen LogP contribution in [-0.2, 0) is 21.4 Å². The van der Waals surface area contributed by atoms with Crippen LogP contribution in [0.25, 0.3) is 10.2 Å². The number of aromatic nitrogens is 2. The lowest BCUT2D eigenvalue weighted by Crippen LogP contribution is -2.31. The number of hydrogen-bond donors (Lipinski definition) is 1. The van der Waals surface area contributed by atoms with Crippen LogP contribution in [0.2, 0.25) is 0 Å². The molecule has 0 spiro atoms. The van der Waals surface area contributed by atoms with Crippen molar-refractivity contribution in [3.8, 4) is 0 Å². The molecule has 9 nitrogen and oxygen atoms in total. The van der Waals surface area contributed by atoms with Gasteiger partial charge in [0.05, 0.1) is 28.0 Å². The second-order valence-corrected chi connectivity index (χ2v) is 10.7. The predicted molar refractivity (Wildman–Crippen MR) is 131 cm³/mol.